The van der Waals surface area contributed by atoms with Gasteiger partial charge in [-0.2, -0.15) is 5.26 Å². The van der Waals surface area contributed by atoms with E-state index in [9.17, 15) is 14.9 Å². The normalized spacial score (nSPS) is 14.1. The minimum Gasteiger partial charge on any atom is -0.497 e. The van der Waals surface area contributed by atoms with Crippen LogP contribution in [-0.2, 0) is 4.79 Å². The number of ether oxygens (including phenoxy) is 1. The molecule has 1 fully saturated rings. The summed E-state index contributed by atoms with van der Waals surface area (Å²) in [6.45, 7) is 6.77. The third-order valence-corrected chi connectivity index (χ3v) is 6.07. The Hall–Kier alpha value is -4.32. The summed E-state index contributed by atoms with van der Waals surface area (Å²) >= 11 is 0. The number of rotatable bonds is 6. The van der Waals surface area contributed by atoms with E-state index in [1.165, 1.54) is 10.5 Å². The molecule has 180 valence electrons. The van der Waals surface area contributed by atoms with Gasteiger partial charge in [-0.25, -0.2) is 4.98 Å². The lowest BCUT2D eigenvalue weighted by molar-refractivity contribution is -0.116. The van der Waals surface area contributed by atoms with Gasteiger partial charge in [0.2, 0.25) is 0 Å². The Morgan fingerprint density at radius 3 is 2.49 bits per heavy atom. The van der Waals surface area contributed by atoms with Gasteiger partial charge >= 0.3 is 0 Å². The molecule has 0 radical (unpaired) electrons. The zero-order valence-electron chi connectivity index (χ0n) is 20.1. The van der Waals surface area contributed by atoms with Crippen molar-refractivity contribution in [3.63, 3.8) is 0 Å². The molecule has 1 saturated heterocycles. The van der Waals surface area contributed by atoms with Gasteiger partial charge in [-0.3, -0.25) is 14.0 Å². The number of hydrogen-bond donors (Lipinski definition) is 1. The van der Waals surface area contributed by atoms with Crippen molar-refractivity contribution in [3.05, 3.63) is 69.6 Å². The van der Waals surface area contributed by atoms with E-state index in [1.807, 2.05) is 48.2 Å². The summed E-state index contributed by atoms with van der Waals surface area (Å²) in [6, 6.07) is 13.5. The number of fused-ring (bicyclic) bond motifs is 1. The van der Waals surface area contributed by atoms with Gasteiger partial charge in [0.05, 0.1) is 12.7 Å². The van der Waals surface area contributed by atoms with Gasteiger partial charge in [0.15, 0.2) is 0 Å². The Morgan fingerprint density at radius 2 is 1.86 bits per heavy atom. The lowest BCUT2D eigenvalue weighted by Gasteiger charge is -2.37. The Kier molecular flexibility index (Phi) is 7.01. The Balaban J connectivity index is 1.73. The van der Waals surface area contributed by atoms with Crippen LogP contribution in [0.25, 0.3) is 11.7 Å². The summed E-state index contributed by atoms with van der Waals surface area (Å²) in [7, 11) is 1.64. The van der Waals surface area contributed by atoms with E-state index in [0.29, 0.717) is 31.1 Å². The monoisotopic (exact) mass is 472 g/mol. The summed E-state index contributed by atoms with van der Waals surface area (Å²) in [5.41, 5.74) is 2.30. The third-order valence-electron chi connectivity index (χ3n) is 6.07. The SMILES string of the molecule is CCNC(=O)C(C#N)=Cc1c(N2CCN(c3ccc(OC)cc3)CC2)nc2c(C)cccn2c1=O. The van der Waals surface area contributed by atoms with E-state index in [2.05, 4.69) is 10.2 Å². The van der Waals surface area contributed by atoms with Crippen LogP contribution in [-0.4, -0.2) is 55.1 Å². The minimum atomic E-state index is -0.515. The van der Waals surface area contributed by atoms with Crippen LogP contribution in [0.3, 0.4) is 0 Å². The summed E-state index contributed by atoms with van der Waals surface area (Å²) < 4.78 is 6.71. The van der Waals surface area contributed by atoms with E-state index >= 15 is 0 Å². The van der Waals surface area contributed by atoms with Crippen LogP contribution in [0.5, 0.6) is 5.75 Å². The van der Waals surface area contributed by atoms with Gasteiger partial charge in [-0.05, 0) is 55.8 Å². The second-order valence-corrected chi connectivity index (χ2v) is 8.24. The quantitative estimate of drug-likeness (QED) is 0.434. The molecule has 3 heterocycles. The number of aromatic nitrogens is 2. The largest absolute Gasteiger partial charge is 0.497 e. The van der Waals surface area contributed by atoms with Gasteiger partial charge < -0.3 is 19.9 Å². The maximum atomic E-state index is 13.5. The van der Waals surface area contributed by atoms with Crippen LogP contribution in [0.15, 0.2) is 53.0 Å². The number of pyridine rings is 1. The molecule has 1 aliphatic rings. The highest BCUT2D eigenvalue weighted by atomic mass is 16.5. The van der Waals surface area contributed by atoms with Crippen LogP contribution >= 0.6 is 0 Å². The molecule has 1 aromatic carbocycles. The predicted octanol–water partition coefficient (Wildman–Crippen LogP) is 2.38. The summed E-state index contributed by atoms with van der Waals surface area (Å²) in [5.74, 6) is 0.773. The van der Waals surface area contributed by atoms with Gasteiger partial charge in [-0.15, -0.1) is 0 Å². The standard InChI is InChI=1S/C26H28N6O3/c1-4-28-25(33)19(17-27)16-22-24(29-23-18(2)6-5-11-32(23)26(22)34)31-14-12-30(13-15-31)20-7-9-21(35-3)10-8-20/h5-11,16H,4,12-15H2,1-3H3,(H,28,33). The van der Waals surface area contributed by atoms with Crippen LogP contribution in [0.2, 0.25) is 0 Å². The number of piperazine rings is 1. The number of nitrogens with one attached hydrogen (secondary N) is 1. The molecule has 1 amide bonds. The molecule has 0 spiro atoms. The van der Waals surface area contributed by atoms with Crippen molar-refractivity contribution < 1.29 is 9.53 Å². The molecule has 3 aromatic rings. The number of aryl methyl sites for hydroxylation is 1. The van der Waals surface area contributed by atoms with E-state index in [4.69, 9.17) is 9.72 Å². The highest BCUT2D eigenvalue weighted by Crippen LogP contribution is 2.25. The Labute approximate surface area is 203 Å². The molecule has 1 N–H and O–H groups in total. The molecule has 9 nitrogen and oxygen atoms in total. The minimum absolute atomic E-state index is 0.128. The summed E-state index contributed by atoms with van der Waals surface area (Å²) in [6.07, 6.45) is 3.01. The lowest BCUT2D eigenvalue weighted by atomic mass is 10.1. The van der Waals surface area contributed by atoms with Crippen LogP contribution in [0, 0.1) is 18.3 Å². The first-order valence-corrected chi connectivity index (χ1v) is 11.5. The maximum absolute atomic E-state index is 13.5. The van der Waals surface area contributed by atoms with Crippen LogP contribution in [0.1, 0.15) is 18.1 Å². The summed E-state index contributed by atoms with van der Waals surface area (Å²) in [4.78, 5) is 35.0. The lowest BCUT2D eigenvalue weighted by Crippen LogP contribution is -2.47. The fourth-order valence-electron chi connectivity index (χ4n) is 4.19. The van der Waals surface area contributed by atoms with Crippen LogP contribution < -0.4 is 25.4 Å². The number of anilines is 2. The first-order chi connectivity index (χ1) is 17.0. The summed E-state index contributed by atoms with van der Waals surface area (Å²) in [5, 5.41) is 12.2. The van der Waals surface area contributed by atoms with Crippen molar-refractivity contribution in [2.45, 2.75) is 13.8 Å². The second kappa shape index (κ2) is 10.3. The number of likely N-dealkylation sites (N-methyl/N-ethyl adjacent to an activating group) is 1. The fourth-order valence-corrected chi connectivity index (χ4v) is 4.19. The van der Waals surface area contributed by atoms with E-state index < -0.39 is 5.91 Å². The zero-order chi connectivity index (χ0) is 24.9. The van der Waals surface area contributed by atoms with Crippen molar-refractivity contribution in [1.29, 1.82) is 5.26 Å². The number of carbonyl (C=O) groups is 1. The van der Waals surface area contributed by atoms with Crippen molar-refractivity contribution in [2.75, 3.05) is 49.6 Å². The van der Waals surface area contributed by atoms with E-state index in [0.717, 1.165) is 30.1 Å². The van der Waals surface area contributed by atoms with E-state index in [1.54, 1.807) is 26.3 Å². The topological polar surface area (TPSA) is 103 Å². The second-order valence-electron chi connectivity index (χ2n) is 8.24. The number of benzene rings is 1. The third kappa shape index (κ3) is 4.82. The van der Waals surface area contributed by atoms with Gasteiger partial charge in [-0.1, -0.05) is 6.07 Å². The van der Waals surface area contributed by atoms with Crippen LogP contribution in [0.4, 0.5) is 11.5 Å². The Bertz CT molecular complexity index is 1360. The molecular weight excluding hydrogens is 444 g/mol. The predicted molar refractivity (Wildman–Crippen MR) is 136 cm³/mol. The average molecular weight is 473 g/mol. The van der Waals surface area contributed by atoms with Crippen molar-refractivity contribution in [2.24, 2.45) is 0 Å². The number of carbonyl (C=O) groups excluding carboxylic acids is 1. The molecule has 4 rings (SSSR count). The molecule has 0 saturated carbocycles. The highest BCUT2D eigenvalue weighted by Gasteiger charge is 2.24. The molecule has 2 aromatic heterocycles. The molecule has 0 atom stereocenters. The number of nitriles is 1. The van der Waals surface area contributed by atoms with Gasteiger partial charge in [0.25, 0.3) is 11.5 Å². The van der Waals surface area contributed by atoms with E-state index in [-0.39, 0.29) is 16.7 Å². The molecule has 0 unspecified atom stereocenters. The average Bonchev–Trinajstić information content (AvgIpc) is 2.89. The first-order valence-electron chi connectivity index (χ1n) is 11.5. The first kappa shape index (κ1) is 23.8. The van der Waals surface area contributed by atoms with Crippen molar-refractivity contribution in [1.82, 2.24) is 14.7 Å². The maximum Gasteiger partial charge on any atom is 0.267 e. The number of hydrogen-bond acceptors (Lipinski definition) is 7. The molecule has 0 bridgehead atoms. The molecule has 0 aliphatic carbocycles. The molecule has 35 heavy (non-hydrogen) atoms. The highest BCUT2D eigenvalue weighted by molar-refractivity contribution is 6.02. The van der Waals surface area contributed by atoms with Crippen molar-refractivity contribution >= 4 is 29.1 Å². The smallest absolute Gasteiger partial charge is 0.267 e. The number of nitrogens with zero attached hydrogens (tertiary/aromatic N) is 5. The zero-order valence-corrected chi connectivity index (χ0v) is 20.1. The fraction of sp³-hybridized carbons (Fsp3) is 0.308. The molecule has 1 aliphatic heterocycles. The van der Waals surface area contributed by atoms with Gasteiger partial charge in [0.1, 0.15) is 28.9 Å². The number of methoxy groups -OCH3 is 1. The molecule has 9 heteroatoms. The Morgan fingerprint density at radius 1 is 1.17 bits per heavy atom. The van der Waals surface area contributed by atoms with Gasteiger partial charge in [0, 0.05) is 44.6 Å². The van der Waals surface area contributed by atoms with Crippen molar-refractivity contribution in [3.8, 4) is 11.8 Å². The number of amides is 1. The molecular formula is C26H28N6O3.